The third-order valence-electron chi connectivity index (χ3n) is 4.50. The summed E-state index contributed by atoms with van der Waals surface area (Å²) in [5, 5.41) is 11.6. The highest BCUT2D eigenvalue weighted by atomic mass is 32.2. The third kappa shape index (κ3) is 3.80. The van der Waals surface area contributed by atoms with E-state index in [1.54, 1.807) is 6.07 Å². The molecule has 0 radical (unpaired) electrons. The lowest BCUT2D eigenvalue weighted by Crippen LogP contribution is -2.44. The number of aliphatic hydroxyl groups is 1. The molecule has 142 valence electrons. The largest absolute Gasteiger partial charge is 0.388 e. The number of nitrogens with zero attached hydrogens (tertiary/aromatic N) is 1. The topological polar surface area (TPSA) is 68.4 Å². The minimum absolute atomic E-state index is 0.229. The number of anilines is 2. The van der Waals surface area contributed by atoms with Gasteiger partial charge in [0.15, 0.2) is 0 Å². The van der Waals surface area contributed by atoms with Crippen molar-refractivity contribution in [1.82, 2.24) is 4.98 Å². The lowest BCUT2D eigenvalue weighted by Gasteiger charge is -2.32. The number of nitrogens with one attached hydrogen (secondary N) is 2. The molecule has 9 heteroatoms. The Morgan fingerprint density at radius 2 is 2.19 bits per heavy atom. The Morgan fingerprint density at radius 1 is 1.33 bits per heavy atom. The maximum absolute atomic E-state index is 14.3. The Morgan fingerprint density at radius 3 is 3.00 bits per heavy atom. The maximum Gasteiger partial charge on any atom is 0.255 e. The van der Waals surface area contributed by atoms with Crippen LogP contribution in [0.1, 0.15) is 6.42 Å². The summed E-state index contributed by atoms with van der Waals surface area (Å²) in [6.07, 6.45) is -0.353. The standard InChI is InChI=1S/C18H17F2N3O2S2/c19-12-4-6-23(9-15(12)24)16-1-2-17(26-16)27-22-14-8-11-10(7-13(14)20)3-5-21-18(11)25/h1-3,5,7-8,12,15,22,24H,4,6,9H2,(H,21,25). The van der Waals surface area contributed by atoms with Gasteiger partial charge in [-0.1, -0.05) is 0 Å². The second-order valence-electron chi connectivity index (χ2n) is 6.34. The van der Waals surface area contributed by atoms with Gasteiger partial charge in [0, 0.05) is 24.7 Å². The van der Waals surface area contributed by atoms with Crippen LogP contribution in [0.3, 0.4) is 0 Å². The van der Waals surface area contributed by atoms with E-state index in [4.69, 9.17) is 0 Å². The Balaban J connectivity index is 1.47. The zero-order valence-electron chi connectivity index (χ0n) is 14.1. The summed E-state index contributed by atoms with van der Waals surface area (Å²) in [4.78, 5) is 16.4. The first-order valence-electron chi connectivity index (χ1n) is 8.42. The highest BCUT2D eigenvalue weighted by molar-refractivity contribution is 8.02. The molecule has 4 rings (SSSR count). The van der Waals surface area contributed by atoms with Gasteiger partial charge in [-0.05, 0) is 54.1 Å². The van der Waals surface area contributed by atoms with E-state index in [2.05, 4.69) is 9.71 Å². The van der Waals surface area contributed by atoms with Gasteiger partial charge in [-0.15, -0.1) is 11.3 Å². The number of aromatic nitrogens is 1. The number of thiophene rings is 1. The summed E-state index contributed by atoms with van der Waals surface area (Å²) in [6.45, 7) is 0.819. The van der Waals surface area contributed by atoms with Crippen molar-refractivity contribution in [2.75, 3.05) is 22.7 Å². The molecular weight excluding hydrogens is 392 g/mol. The number of pyridine rings is 1. The normalized spacial score (nSPS) is 20.2. The fraction of sp³-hybridized carbons (Fsp3) is 0.278. The smallest absolute Gasteiger partial charge is 0.255 e. The van der Waals surface area contributed by atoms with Gasteiger partial charge in [0.25, 0.3) is 5.56 Å². The van der Waals surface area contributed by atoms with Crippen LogP contribution in [-0.2, 0) is 0 Å². The van der Waals surface area contributed by atoms with E-state index in [9.17, 15) is 18.7 Å². The van der Waals surface area contributed by atoms with Crippen LogP contribution in [0.5, 0.6) is 0 Å². The number of fused-ring (bicyclic) bond motifs is 1. The molecule has 1 aliphatic heterocycles. The van der Waals surface area contributed by atoms with E-state index >= 15 is 0 Å². The van der Waals surface area contributed by atoms with E-state index in [1.807, 2.05) is 17.0 Å². The van der Waals surface area contributed by atoms with Crippen LogP contribution in [0.25, 0.3) is 10.8 Å². The highest BCUT2D eigenvalue weighted by Crippen LogP contribution is 2.35. The number of H-pyrrole nitrogens is 1. The number of hydrogen-bond donors (Lipinski definition) is 3. The fourth-order valence-corrected chi connectivity index (χ4v) is 4.85. The van der Waals surface area contributed by atoms with Crippen LogP contribution in [0, 0.1) is 5.82 Å². The van der Waals surface area contributed by atoms with E-state index in [1.165, 1.54) is 41.6 Å². The van der Waals surface area contributed by atoms with Gasteiger partial charge in [-0.2, -0.15) is 0 Å². The fourth-order valence-electron chi connectivity index (χ4n) is 3.03. The van der Waals surface area contributed by atoms with Crippen LogP contribution < -0.4 is 15.2 Å². The summed E-state index contributed by atoms with van der Waals surface area (Å²) in [5.41, 5.74) is -0.0402. The Hall–Kier alpha value is -2.10. The molecule has 2 unspecified atom stereocenters. The van der Waals surface area contributed by atoms with Crippen molar-refractivity contribution in [3.8, 4) is 0 Å². The second-order valence-corrected chi connectivity index (χ2v) is 8.51. The first-order chi connectivity index (χ1) is 13.0. The van der Waals surface area contributed by atoms with Crippen LogP contribution in [0.4, 0.5) is 19.5 Å². The number of aromatic amines is 1. The predicted molar refractivity (Wildman–Crippen MR) is 106 cm³/mol. The molecule has 1 fully saturated rings. The first kappa shape index (κ1) is 18.3. The van der Waals surface area contributed by atoms with Crippen molar-refractivity contribution in [2.24, 2.45) is 0 Å². The molecule has 0 spiro atoms. The number of alkyl halides is 1. The Labute approximate surface area is 162 Å². The van der Waals surface area contributed by atoms with Crippen LogP contribution in [-0.4, -0.2) is 35.5 Å². The monoisotopic (exact) mass is 409 g/mol. The van der Waals surface area contributed by atoms with Crippen molar-refractivity contribution >= 4 is 44.7 Å². The molecule has 0 amide bonds. The lowest BCUT2D eigenvalue weighted by atomic mass is 10.1. The summed E-state index contributed by atoms with van der Waals surface area (Å²) in [7, 11) is 0. The van der Waals surface area contributed by atoms with Gasteiger partial charge >= 0.3 is 0 Å². The van der Waals surface area contributed by atoms with Crippen LogP contribution in [0.15, 0.2) is 45.5 Å². The molecule has 1 saturated heterocycles. The highest BCUT2D eigenvalue weighted by Gasteiger charge is 2.28. The number of rotatable bonds is 4. The summed E-state index contributed by atoms with van der Waals surface area (Å²) < 4.78 is 31.5. The zero-order valence-corrected chi connectivity index (χ0v) is 15.7. The quantitative estimate of drug-likeness (QED) is 0.573. The van der Waals surface area contributed by atoms with E-state index in [0.29, 0.717) is 23.7 Å². The van der Waals surface area contributed by atoms with Gasteiger partial charge in [0.05, 0.1) is 14.9 Å². The summed E-state index contributed by atoms with van der Waals surface area (Å²) in [6, 6.07) is 8.26. The van der Waals surface area contributed by atoms with E-state index in [0.717, 1.165) is 9.21 Å². The average Bonchev–Trinajstić information content (AvgIpc) is 3.12. The second kappa shape index (κ2) is 7.49. The first-order valence-corrected chi connectivity index (χ1v) is 10.1. The van der Waals surface area contributed by atoms with Crippen molar-refractivity contribution in [2.45, 2.75) is 22.9 Å². The van der Waals surface area contributed by atoms with E-state index in [-0.39, 0.29) is 17.8 Å². The van der Waals surface area contributed by atoms with Crippen molar-refractivity contribution < 1.29 is 13.9 Å². The lowest BCUT2D eigenvalue weighted by molar-refractivity contribution is 0.0647. The molecule has 0 aliphatic carbocycles. The molecule has 1 aromatic carbocycles. The molecule has 2 atom stereocenters. The number of β-amino-alcohol motifs (C(OH)–C–C–N with tert-alkyl or cyclic N) is 1. The molecule has 0 bridgehead atoms. The summed E-state index contributed by atoms with van der Waals surface area (Å²) >= 11 is 2.72. The average molecular weight is 409 g/mol. The Kier molecular flexibility index (Phi) is 5.07. The van der Waals surface area contributed by atoms with E-state index < -0.39 is 18.1 Å². The summed E-state index contributed by atoms with van der Waals surface area (Å²) in [5.74, 6) is -0.439. The third-order valence-corrected chi connectivity index (χ3v) is 6.60. The number of aliphatic hydroxyl groups excluding tert-OH is 1. The number of hydrogen-bond acceptors (Lipinski definition) is 6. The number of piperidine rings is 1. The number of halogens is 2. The molecular formula is C18H17F2N3O2S2. The molecule has 3 aromatic rings. The SMILES string of the molecule is O=c1[nH]ccc2cc(F)c(NSc3ccc(N4CCC(F)C(O)C4)s3)cc12. The van der Waals surface area contributed by atoms with Gasteiger partial charge in [-0.3, -0.25) is 4.79 Å². The minimum Gasteiger partial charge on any atom is -0.388 e. The molecule has 2 aromatic heterocycles. The van der Waals surface area contributed by atoms with Crippen molar-refractivity contribution in [1.29, 1.82) is 0 Å². The number of benzene rings is 1. The van der Waals surface area contributed by atoms with Crippen LogP contribution >= 0.6 is 23.3 Å². The van der Waals surface area contributed by atoms with Crippen molar-refractivity contribution in [3.05, 3.63) is 52.7 Å². The molecule has 5 nitrogen and oxygen atoms in total. The molecule has 0 saturated carbocycles. The van der Waals surface area contributed by atoms with Crippen LogP contribution in [0.2, 0.25) is 0 Å². The maximum atomic E-state index is 14.3. The molecule has 1 aliphatic rings. The Bertz CT molecular complexity index is 1020. The van der Waals surface area contributed by atoms with Gasteiger partial charge in [0.1, 0.15) is 18.1 Å². The van der Waals surface area contributed by atoms with Gasteiger partial charge < -0.3 is 19.7 Å². The molecule has 3 heterocycles. The predicted octanol–water partition coefficient (Wildman–Crippen LogP) is 3.76. The van der Waals surface area contributed by atoms with Crippen molar-refractivity contribution in [3.63, 3.8) is 0 Å². The molecule has 27 heavy (non-hydrogen) atoms. The minimum atomic E-state index is -1.17. The van der Waals surface area contributed by atoms with Gasteiger partial charge in [-0.25, -0.2) is 8.78 Å². The van der Waals surface area contributed by atoms with Gasteiger partial charge in [0.2, 0.25) is 0 Å². The zero-order chi connectivity index (χ0) is 19.0. The molecule has 3 N–H and O–H groups in total.